The van der Waals surface area contributed by atoms with Gasteiger partial charge in [0.2, 0.25) is 0 Å². The van der Waals surface area contributed by atoms with Gasteiger partial charge in [-0.25, -0.2) is 0 Å². The lowest BCUT2D eigenvalue weighted by molar-refractivity contribution is 0.0859. The molecule has 2 N–H and O–H groups in total. The van der Waals surface area contributed by atoms with Crippen LogP contribution in [0.3, 0.4) is 0 Å². The molecule has 120 valence electrons. The molecule has 0 amide bonds. The van der Waals surface area contributed by atoms with Gasteiger partial charge in [-0.2, -0.15) is 0 Å². The van der Waals surface area contributed by atoms with Gasteiger partial charge in [-0.1, -0.05) is 29.4 Å². The van der Waals surface area contributed by atoms with Crippen molar-refractivity contribution in [1.82, 2.24) is 0 Å². The maximum absolute atomic E-state index is 9.30. The highest BCUT2D eigenvalue weighted by atomic mass is 16.6. The number of aromatic hydroxyl groups is 2. The van der Waals surface area contributed by atoms with Gasteiger partial charge in [-0.05, 0) is 54.7 Å². The number of hydrogen-bond acceptors (Lipinski definition) is 4. The summed E-state index contributed by atoms with van der Waals surface area (Å²) in [6.45, 7) is 0. The van der Waals surface area contributed by atoms with Gasteiger partial charge in [0.15, 0.2) is 0 Å². The Bertz CT molecular complexity index is 662. The molecule has 0 bridgehead atoms. The van der Waals surface area contributed by atoms with E-state index in [1.54, 1.807) is 24.3 Å². The fraction of sp³-hybridized carbons (Fsp3) is 0.316. The minimum atomic E-state index is 0.100. The molecule has 1 unspecified atom stereocenters. The van der Waals surface area contributed by atoms with Gasteiger partial charge < -0.3 is 15.1 Å². The predicted molar refractivity (Wildman–Crippen MR) is 89.8 cm³/mol. The molecule has 1 heterocycles. The molecule has 1 aliphatic rings. The number of benzene rings is 2. The molecule has 0 aliphatic carbocycles. The number of rotatable bonds is 6. The van der Waals surface area contributed by atoms with Crippen LogP contribution in [-0.4, -0.2) is 22.0 Å². The molecular formula is C19H21NO3. The van der Waals surface area contributed by atoms with Crippen LogP contribution in [0.1, 0.15) is 30.4 Å². The van der Waals surface area contributed by atoms with Crippen molar-refractivity contribution in [2.75, 3.05) is 0 Å². The zero-order chi connectivity index (χ0) is 16.1. The summed E-state index contributed by atoms with van der Waals surface area (Å²) in [6, 6.07) is 14.6. The topological polar surface area (TPSA) is 62.1 Å². The van der Waals surface area contributed by atoms with E-state index in [9.17, 15) is 10.2 Å². The Balaban J connectivity index is 1.41. The minimum absolute atomic E-state index is 0.100. The van der Waals surface area contributed by atoms with Crippen LogP contribution >= 0.6 is 0 Å². The fourth-order valence-corrected chi connectivity index (χ4v) is 2.80. The maximum atomic E-state index is 9.30. The average Bonchev–Trinajstić information content (AvgIpc) is 2.99. The van der Waals surface area contributed by atoms with Crippen LogP contribution in [0.4, 0.5) is 0 Å². The van der Waals surface area contributed by atoms with Crippen molar-refractivity contribution in [3.8, 4) is 11.5 Å². The number of phenols is 2. The van der Waals surface area contributed by atoms with Gasteiger partial charge in [0.05, 0.1) is 5.71 Å². The van der Waals surface area contributed by atoms with Gasteiger partial charge in [0.1, 0.15) is 17.6 Å². The molecule has 0 aromatic heterocycles. The zero-order valence-electron chi connectivity index (χ0n) is 13.0. The summed E-state index contributed by atoms with van der Waals surface area (Å²) in [5.41, 5.74) is 3.49. The van der Waals surface area contributed by atoms with E-state index in [0.29, 0.717) is 5.75 Å². The Morgan fingerprint density at radius 2 is 1.48 bits per heavy atom. The van der Waals surface area contributed by atoms with E-state index in [-0.39, 0.29) is 11.9 Å². The first-order chi connectivity index (χ1) is 11.2. The van der Waals surface area contributed by atoms with Crippen LogP contribution in [0.25, 0.3) is 0 Å². The molecule has 0 saturated carbocycles. The molecule has 4 nitrogen and oxygen atoms in total. The van der Waals surface area contributed by atoms with Crippen molar-refractivity contribution in [2.24, 2.45) is 5.16 Å². The first-order valence-electron chi connectivity index (χ1n) is 7.96. The molecule has 0 radical (unpaired) electrons. The summed E-state index contributed by atoms with van der Waals surface area (Å²) < 4.78 is 0. The Labute approximate surface area is 136 Å². The lowest BCUT2D eigenvalue weighted by atomic mass is 10.0. The molecule has 2 aromatic rings. The van der Waals surface area contributed by atoms with E-state index in [2.05, 4.69) is 5.16 Å². The fourth-order valence-electron chi connectivity index (χ4n) is 2.80. The smallest absolute Gasteiger partial charge is 0.136 e. The first-order valence-corrected chi connectivity index (χ1v) is 7.96. The lowest BCUT2D eigenvalue weighted by Crippen LogP contribution is -2.11. The van der Waals surface area contributed by atoms with Crippen molar-refractivity contribution in [3.63, 3.8) is 0 Å². The summed E-state index contributed by atoms with van der Waals surface area (Å²) in [7, 11) is 0. The first kappa shape index (κ1) is 15.4. The lowest BCUT2D eigenvalue weighted by Gasteiger charge is -2.08. The molecular weight excluding hydrogens is 290 g/mol. The van der Waals surface area contributed by atoms with Crippen molar-refractivity contribution in [3.05, 3.63) is 59.7 Å². The molecule has 0 spiro atoms. The average molecular weight is 311 g/mol. The van der Waals surface area contributed by atoms with Crippen molar-refractivity contribution in [1.29, 1.82) is 0 Å². The Morgan fingerprint density at radius 3 is 2.13 bits per heavy atom. The number of phenolic OH excluding ortho intramolecular Hbond substituents is 2. The van der Waals surface area contributed by atoms with E-state index in [0.717, 1.165) is 43.4 Å². The maximum Gasteiger partial charge on any atom is 0.136 e. The predicted octanol–water partition coefficient (Wildman–Crippen LogP) is 3.81. The number of hydrogen-bond donors (Lipinski definition) is 2. The Hall–Kier alpha value is -2.49. The Morgan fingerprint density at radius 1 is 0.870 bits per heavy atom. The molecule has 1 aliphatic heterocycles. The summed E-state index contributed by atoms with van der Waals surface area (Å²) >= 11 is 0. The van der Waals surface area contributed by atoms with Crippen LogP contribution in [0.15, 0.2) is 53.7 Å². The number of nitrogens with zero attached hydrogens (tertiary/aromatic N) is 1. The van der Waals surface area contributed by atoms with Crippen LogP contribution in [0, 0.1) is 0 Å². The number of oxime groups is 1. The van der Waals surface area contributed by atoms with Gasteiger partial charge in [0, 0.05) is 12.8 Å². The van der Waals surface area contributed by atoms with Gasteiger partial charge in [-0.15, -0.1) is 0 Å². The van der Waals surface area contributed by atoms with Crippen LogP contribution in [0.2, 0.25) is 0 Å². The third-order valence-corrected chi connectivity index (χ3v) is 4.06. The molecule has 3 rings (SSSR count). The molecule has 1 atom stereocenters. The monoisotopic (exact) mass is 311 g/mol. The van der Waals surface area contributed by atoms with E-state index >= 15 is 0 Å². The van der Waals surface area contributed by atoms with Crippen LogP contribution < -0.4 is 0 Å². The highest BCUT2D eigenvalue weighted by Crippen LogP contribution is 2.20. The van der Waals surface area contributed by atoms with Crippen molar-refractivity contribution >= 4 is 5.71 Å². The summed E-state index contributed by atoms with van der Waals surface area (Å²) in [5, 5.41) is 22.8. The van der Waals surface area contributed by atoms with E-state index in [1.807, 2.05) is 24.3 Å². The van der Waals surface area contributed by atoms with Gasteiger partial charge in [0.25, 0.3) is 0 Å². The van der Waals surface area contributed by atoms with E-state index < -0.39 is 0 Å². The van der Waals surface area contributed by atoms with E-state index in [1.165, 1.54) is 5.56 Å². The molecule has 0 saturated heterocycles. The highest BCUT2D eigenvalue weighted by molar-refractivity contribution is 5.85. The second-order valence-electron chi connectivity index (χ2n) is 5.98. The van der Waals surface area contributed by atoms with Crippen molar-refractivity contribution < 1.29 is 15.1 Å². The largest absolute Gasteiger partial charge is 0.508 e. The van der Waals surface area contributed by atoms with Crippen molar-refractivity contribution in [2.45, 2.75) is 38.2 Å². The standard InChI is InChI=1S/C19H21NO3/c21-17-8-4-14(5-9-17)2-1-3-16-13-19(23-20-16)12-15-6-10-18(22)11-7-15/h4-11,19,21-22H,1-3,12-13H2. The Kier molecular flexibility index (Phi) is 4.81. The summed E-state index contributed by atoms with van der Waals surface area (Å²) in [4.78, 5) is 5.51. The SMILES string of the molecule is Oc1ccc(CCCC2=NOC(Cc3ccc(O)cc3)C2)cc1. The van der Waals surface area contributed by atoms with Gasteiger partial charge in [-0.3, -0.25) is 0 Å². The summed E-state index contributed by atoms with van der Waals surface area (Å²) in [6.07, 6.45) is 4.72. The van der Waals surface area contributed by atoms with Gasteiger partial charge >= 0.3 is 0 Å². The quantitative estimate of drug-likeness (QED) is 0.853. The van der Waals surface area contributed by atoms with E-state index in [4.69, 9.17) is 4.84 Å². The number of aryl methyl sites for hydroxylation is 1. The van der Waals surface area contributed by atoms with Crippen LogP contribution in [0.5, 0.6) is 11.5 Å². The second kappa shape index (κ2) is 7.18. The summed E-state index contributed by atoms with van der Waals surface area (Å²) in [5.74, 6) is 0.589. The third kappa shape index (κ3) is 4.49. The molecule has 0 fully saturated rings. The minimum Gasteiger partial charge on any atom is -0.508 e. The normalized spacial score (nSPS) is 16.9. The molecule has 4 heteroatoms. The third-order valence-electron chi connectivity index (χ3n) is 4.06. The van der Waals surface area contributed by atoms with Crippen LogP contribution in [-0.2, 0) is 17.7 Å². The second-order valence-corrected chi connectivity index (χ2v) is 5.98. The molecule has 2 aromatic carbocycles. The molecule has 23 heavy (non-hydrogen) atoms. The zero-order valence-corrected chi connectivity index (χ0v) is 13.0. The highest BCUT2D eigenvalue weighted by Gasteiger charge is 2.20.